The van der Waals surface area contributed by atoms with E-state index in [-0.39, 0.29) is 33.1 Å². The molecular formula is C29H33Cl2N3O5S. The van der Waals surface area contributed by atoms with Crippen molar-refractivity contribution in [2.75, 3.05) is 24.5 Å². The first-order chi connectivity index (χ1) is 19.0. The van der Waals surface area contributed by atoms with Crippen LogP contribution >= 0.6 is 23.2 Å². The highest BCUT2D eigenvalue weighted by molar-refractivity contribution is 7.92. The lowest BCUT2D eigenvalue weighted by Gasteiger charge is -2.32. The molecule has 0 aliphatic heterocycles. The van der Waals surface area contributed by atoms with Crippen LogP contribution in [0.5, 0.6) is 5.75 Å². The summed E-state index contributed by atoms with van der Waals surface area (Å²) in [5.74, 6) is -0.351. The Morgan fingerprint density at radius 1 is 1.00 bits per heavy atom. The Morgan fingerprint density at radius 2 is 1.65 bits per heavy atom. The summed E-state index contributed by atoms with van der Waals surface area (Å²) in [6.45, 7) is 5.27. The molecule has 0 saturated heterocycles. The van der Waals surface area contributed by atoms with Crippen molar-refractivity contribution < 1.29 is 22.7 Å². The number of hydrogen-bond donors (Lipinski definition) is 1. The number of nitrogens with one attached hydrogen (secondary N) is 1. The molecule has 40 heavy (non-hydrogen) atoms. The third-order valence-corrected chi connectivity index (χ3v) is 8.45. The summed E-state index contributed by atoms with van der Waals surface area (Å²) in [5.41, 5.74) is 1.71. The van der Waals surface area contributed by atoms with E-state index < -0.39 is 28.5 Å². The van der Waals surface area contributed by atoms with Crippen molar-refractivity contribution in [3.8, 4) is 5.75 Å². The van der Waals surface area contributed by atoms with Crippen molar-refractivity contribution in [2.45, 2.75) is 44.7 Å². The Kier molecular flexibility index (Phi) is 10.8. The summed E-state index contributed by atoms with van der Waals surface area (Å²) in [6.07, 6.45) is 0.723. The molecule has 3 rings (SSSR count). The quantitative estimate of drug-likeness (QED) is 0.296. The molecule has 1 N–H and O–H groups in total. The molecule has 3 aromatic carbocycles. The van der Waals surface area contributed by atoms with Gasteiger partial charge in [0.05, 0.1) is 17.7 Å². The van der Waals surface area contributed by atoms with E-state index in [1.807, 2.05) is 13.8 Å². The van der Waals surface area contributed by atoms with Gasteiger partial charge >= 0.3 is 0 Å². The lowest BCUT2D eigenvalue weighted by atomic mass is 10.1. The number of benzene rings is 3. The number of methoxy groups -OCH3 is 1. The van der Waals surface area contributed by atoms with Crippen molar-refractivity contribution in [1.29, 1.82) is 0 Å². The molecule has 0 bridgehead atoms. The molecule has 0 saturated carbocycles. The maximum absolute atomic E-state index is 14.0. The van der Waals surface area contributed by atoms with E-state index in [1.165, 1.54) is 42.3 Å². The summed E-state index contributed by atoms with van der Waals surface area (Å²) in [4.78, 5) is 28.3. The third-order valence-electron chi connectivity index (χ3n) is 6.23. The van der Waals surface area contributed by atoms with E-state index in [9.17, 15) is 18.0 Å². The molecule has 0 fully saturated rings. The van der Waals surface area contributed by atoms with Gasteiger partial charge in [-0.15, -0.1) is 0 Å². The van der Waals surface area contributed by atoms with Crippen molar-refractivity contribution in [1.82, 2.24) is 10.2 Å². The summed E-state index contributed by atoms with van der Waals surface area (Å²) < 4.78 is 34.0. The number of aryl methyl sites for hydroxylation is 1. The fourth-order valence-electron chi connectivity index (χ4n) is 4.00. The summed E-state index contributed by atoms with van der Waals surface area (Å²) in [7, 11) is -2.69. The van der Waals surface area contributed by atoms with Crippen LogP contribution in [0.3, 0.4) is 0 Å². The van der Waals surface area contributed by atoms with Crippen molar-refractivity contribution >= 4 is 50.7 Å². The van der Waals surface area contributed by atoms with Gasteiger partial charge in [-0.25, -0.2) is 8.42 Å². The first kappa shape index (κ1) is 31.3. The third kappa shape index (κ3) is 7.90. The first-order valence-electron chi connectivity index (χ1n) is 12.7. The monoisotopic (exact) mass is 605 g/mol. The van der Waals surface area contributed by atoms with Gasteiger partial charge in [0.2, 0.25) is 11.8 Å². The number of carbonyl (C=O) groups is 2. The van der Waals surface area contributed by atoms with Crippen LogP contribution in [0.25, 0.3) is 0 Å². The highest BCUT2D eigenvalue weighted by Gasteiger charge is 2.32. The van der Waals surface area contributed by atoms with Crippen molar-refractivity contribution in [2.24, 2.45) is 0 Å². The average Bonchev–Trinajstić information content (AvgIpc) is 2.92. The predicted molar refractivity (Wildman–Crippen MR) is 158 cm³/mol. The number of carbonyl (C=O) groups excluding carboxylic acids is 2. The molecule has 0 heterocycles. The lowest BCUT2D eigenvalue weighted by Crippen LogP contribution is -2.51. The van der Waals surface area contributed by atoms with Gasteiger partial charge in [0.1, 0.15) is 18.3 Å². The second-order valence-corrected chi connectivity index (χ2v) is 12.0. The molecule has 3 aromatic rings. The molecule has 0 aliphatic rings. The first-order valence-corrected chi connectivity index (χ1v) is 14.9. The minimum absolute atomic E-state index is 0.00455. The summed E-state index contributed by atoms with van der Waals surface area (Å²) >= 11 is 12.4. The van der Waals surface area contributed by atoms with Gasteiger partial charge in [0.15, 0.2) is 0 Å². The van der Waals surface area contributed by atoms with E-state index in [0.717, 1.165) is 16.3 Å². The zero-order valence-electron chi connectivity index (χ0n) is 22.9. The fraction of sp³-hybridized carbons (Fsp3) is 0.310. The Labute approximate surface area is 245 Å². The standard InChI is InChI=1S/C29H33Cl2N3O5S/c1-5-13-32-29(36)21(3)33(18-22-7-6-8-26(14-22)39-4)28(35)19-34(25-16-23(30)15-24(31)17-25)40(37,38)27-11-9-20(2)10-12-27/h6-12,14-17,21H,5,13,18-19H2,1-4H3,(H,32,36). The lowest BCUT2D eigenvalue weighted by molar-refractivity contribution is -0.139. The molecule has 0 spiro atoms. The van der Waals surface area contributed by atoms with Crippen LogP contribution in [0.4, 0.5) is 5.69 Å². The van der Waals surface area contributed by atoms with Gasteiger partial charge in [-0.1, -0.05) is 60.0 Å². The van der Waals surface area contributed by atoms with E-state index in [4.69, 9.17) is 27.9 Å². The van der Waals surface area contributed by atoms with Gasteiger partial charge in [-0.2, -0.15) is 0 Å². The molecular weight excluding hydrogens is 573 g/mol. The molecule has 1 unspecified atom stereocenters. The minimum Gasteiger partial charge on any atom is -0.497 e. The molecule has 8 nitrogen and oxygen atoms in total. The van der Waals surface area contributed by atoms with E-state index >= 15 is 0 Å². The zero-order valence-corrected chi connectivity index (χ0v) is 25.2. The smallest absolute Gasteiger partial charge is 0.264 e. The fourth-order valence-corrected chi connectivity index (χ4v) is 5.91. The largest absolute Gasteiger partial charge is 0.497 e. The zero-order chi connectivity index (χ0) is 29.4. The Morgan fingerprint density at radius 3 is 2.25 bits per heavy atom. The molecule has 1 atom stereocenters. The van der Waals surface area contributed by atoms with Crippen molar-refractivity contribution in [3.05, 3.63) is 87.9 Å². The summed E-state index contributed by atoms with van der Waals surface area (Å²) in [6, 6.07) is 16.8. The number of nitrogens with zero attached hydrogens (tertiary/aromatic N) is 2. The van der Waals surface area contributed by atoms with Crippen LogP contribution in [-0.4, -0.2) is 51.4 Å². The maximum Gasteiger partial charge on any atom is 0.264 e. The number of ether oxygens (including phenoxy) is 1. The van der Waals surface area contributed by atoms with Gasteiger partial charge in [0.25, 0.3) is 10.0 Å². The van der Waals surface area contributed by atoms with Gasteiger partial charge in [0, 0.05) is 23.1 Å². The van der Waals surface area contributed by atoms with Crippen molar-refractivity contribution in [3.63, 3.8) is 0 Å². The van der Waals surface area contributed by atoms with Crippen LogP contribution < -0.4 is 14.4 Å². The second-order valence-electron chi connectivity index (χ2n) is 9.29. The molecule has 0 radical (unpaired) electrons. The van der Waals surface area contributed by atoms with Crippen LogP contribution in [0, 0.1) is 6.92 Å². The number of sulfonamides is 1. The minimum atomic E-state index is -4.23. The van der Waals surface area contributed by atoms with Crippen LogP contribution in [0.15, 0.2) is 71.6 Å². The van der Waals surface area contributed by atoms with E-state index in [0.29, 0.717) is 17.9 Å². The van der Waals surface area contributed by atoms with Gasteiger partial charge < -0.3 is 15.0 Å². The Balaban J connectivity index is 2.06. The molecule has 0 aliphatic carbocycles. The predicted octanol–water partition coefficient (Wildman–Crippen LogP) is 5.45. The van der Waals surface area contributed by atoms with E-state index in [2.05, 4.69) is 5.32 Å². The van der Waals surface area contributed by atoms with Gasteiger partial charge in [-0.3, -0.25) is 13.9 Å². The topological polar surface area (TPSA) is 96.0 Å². The molecule has 2 amide bonds. The number of rotatable bonds is 12. The SMILES string of the molecule is CCCNC(=O)C(C)N(Cc1cccc(OC)c1)C(=O)CN(c1cc(Cl)cc(Cl)c1)S(=O)(=O)c1ccc(C)cc1. The number of halogens is 2. The number of amides is 2. The molecule has 0 aromatic heterocycles. The van der Waals surface area contributed by atoms with Gasteiger partial charge in [-0.05, 0) is 68.3 Å². The Hall–Kier alpha value is -3.27. The molecule has 11 heteroatoms. The average molecular weight is 607 g/mol. The van der Waals surface area contributed by atoms with Crippen LogP contribution in [0.2, 0.25) is 10.0 Å². The maximum atomic E-state index is 14.0. The summed E-state index contributed by atoms with van der Waals surface area (Å²) in [5, 5.41) is 3.23. The Bertz CT molecular complexity index is 1430. The molecule has 214 valence electrons. The number of hydrogen-bond acceptors (Lipinski definition) is 5. The normalized spacial score (nSPS) is 11.9. The highest BCUT2D eigenvalue weighted by Crippen LogP contribution is 2.30. The second kappa shape index (κ2) is 13.9. The van der Waals surface area contributed by atoms with Crippen LogP contribution in [0.1, 0.15) is 31.4 Å². The van der Waals surface area contributed by atoms with E-state index in [1.54, 1.807) is 43.3 Å². The highest BCUT2D eigenvalue weighted by atomic mass is 35.5. The number of anilines is 1. The van der Waals surface area contributed by atoms with Crippen LogP contribution in [-0.2, 0) is 26.2 Å².